The molecule has 0 atom stereocenters. The Labute approximate surface area is 103 Å². The third-order valence-electron chi connectivity index (χ3n) is 1.51. The van der Waals surface area contributed by atoms with Crippen LogP contribution < -0.4 is 0 Å². The van der Waals surface area contributed by atoms with Gasteiger partial charge in [0, 0.05) is 11.4 Å². The Bertz CT molecular complexity index is 461. The molecule has 1 aromatic rings. The van der Waals surface area contributed by atoms with Gasteiger partial charge in [-0.1, -0.05) is 34.8 Å². The van der Waals surface area contributed by atoms with Crippen molar-refractivity contribution in [1.29, 1.82) is 0 Å². The van der Waals surface area contributed by atoms with Gasteiger partial charge >= 0.3 is 0 Å². The largest absolute Gasteiger partial charge is 0.300 e. The van der Waals surface area contributed by atoms with Crippen LogP contribution in [0.25, 0.3) is 0 Å². The highest BCUT2D eigenvalue weighted by Crippen LogP contribution is 2.36. The van der Waals surface area contributed by atoms with Gasteiger partial charge in [0.15, 0.2) is 0 Å². The molecule has 0 aliphatic rings. The maximum atomic E-state index is 11.6. The number of halogens is 3. The van der Waals surface area contributed by atoms with Gasteiger partial charge in [-0.25, -0.2) is 18.4 Å². The van der Waals surface area contributed by atoms with Crippen molar-refractivity contribution in [2.75, 3.05) is 0 Å². The number of aromatic nitrogens is 2. The van der Waals surface area contributed by atoms with E-state index in [9.17, 15) is 8.42 Å². The minimum atomic E-state index is -4.15. The quantitative estimate of drug-likeness (QED) is 0.587. The van der Waals surface area contributed by atoms with Gasteiger partial charge in [0.2, 0.25) is 0 Å². The highest BCUT2D eigenvalue weighted by molar-refractivity contribution is 7.97. The number of sulfone groups is 1. The molecule has 0 aromatic carbocycles. The standard InChI is InChI=1S/C7H7Cl3N2O2S/c1-4-3-5(2)12-6(11-4)15(13,14)7(8,9)10/h3H,1-2H3. The van der Waals surface area contributed by atoms with Crippen molar-refractivity contribution >= 4 is 44.6 Å². The Morgan fingerprint density at radius 2 is 1.53 bits per heavy atom. The average Bonchev–Trinajstić information content (AvgIpc) is 1.99. The second-order valence-corrected chi connectivity index (χ2v) is 7.82. The van der Waals surface area contributed by atoms with Crippen molar-refractivity contribution in [3.05, 3.63) is 17.5 Å². The minimum absolute atomic E-state index is 0.472. The van der Waals surface area contributed by atoms with E-state index in [0.29, 0.717) is 11.4 Å². The van der Waals surface area contributed by atoms with Gasteiger partial charge in [0.25, 0.3) is 18.1 Å². The molecule has 0 spiro atoms. The molecule has 84 valence electrons. The van der Waals surface area contributed by atoms with Crippen LogP contribution in [0.4, 0.5) is 0 Å². The zero-order valence-corrected chi connectivity index (χ0v) is 10.9. The van der Waals surface area contributed by atoms with Crippen LogP contribution in [0.1, 0.15) is 11.4 Å². The SMILES string of the molecule is Cc1cc(C)nc(S(=O)(=O)C(Cl)(Cl)Cl)n1. The lowest BCUT2D eigenvalue weighted by molar-refractivity contribution is 0.586. The van der Waals surface area contributed by atoms with Crippen LogP contribution in [0.5, 0.6) is 0 Å². The summed E-state index contributed by atoms with van der Waals surface area (Å²) in [5, 5.41) is -0.472. The molecule has 0 unspecified atom stereocenters. The Balaban J connectivity index is 3.41. The lowest BCUT2D eigenvalue weighted by Crippen LogP contribution is -2.22. The third kappa shape index (κ3) is 2.72. The van der Waals surface area contributed by atoms with Crippen molar-refractivity contribution in [3.8, 4) is 0 Å². The van der Waals surface area contributed by atoms with Crippen LogP contribution in [0.2, 0.25) is 0 Å². The van der Waals surface area contributed by atoms with Gasteiger partial charge in [-0.05, 0) is 19.9 Å². The van der Waals surface area contributed by atoms with Crippen LogP contribution in [-0.2, 0) is 9.84 Å². The fourth-order valence-corrected chi connectivity index (χ4v) is 2.27. The van der Waals surface area contributed by atoms with Crippen LogP contribution in [0, 0.1) is 13.8 Å². The summed E-state index contributed by atoms with van der Waals surface area (Å²) in [5.74, 6) is 0. The fourth-order valence-electron chi connectivity index (χ4n) is 0.917. The first kappa shape index (κ1) is 13.0. The van der Waals surface area contributed by atoms with Crippen LogP contribution >= 0.6 is 34.8 Å². The molecule has 0 radical (unpaired) electrons. The maximum absolute atomic E-state index is 11.6. The van der Waals surface area contributed by atoms with E-state index in [1.807, 2.05) is 0 Å². The molecule has 0 saturated heterocycles. The summed E-state index contributed by atoms with van der Waals surface area (Å²) < 4.78 is 20.8. The van der Waals surface area contributed by atoms with E-state index in [2.05, 4.69) is 9.97 Å². The van der Waals surface area contributed by atoms with Gasteiger partial charge in [0.1, 0.15) is 0 Å². The second-order valence-electron chi connectivity index (χ2n) is 2.88. The zero-order valence-electron chi connectivity index (χ0n) is 7.83. The van der Waals surface area contributed by atoms with Crippen molar-refractivity contribution in [2.45, 2.75) is 22.1 Å². The van der Waals surface area contributed by atoms with E-state index in [0.717, 1.165) is 0 Å². The van der Waals surface area contributed by atoms with Crippen molar-refractivity contribution in [3.63, 3.8) is 0 Å². The normalized spacial score (nSPS) is 12.9. The average molecular weight is 290 g/mol. The minimum Gasteiger partial charge on any atom is -0.223 e. The molecular formula is C7H7Cl3N2O2S. The number of alkyl halides is 3. The first-order valence-electron chi connectivity index (χ1n) is 3.78. The van der Waals surface area contributed by atoms with E-state index < -0.39 is 18.1 Å². The Kier molecular flexibility index (Phi) is 3.50. The summed E-state index contributed by atoms with van der Waals surface area (Å²) in [4.78, 5) is 7.44. The predicted octanol–water partition coefficient (Wildman–Crippen LogP) is 2.19. The number of aryl methyl sites for hydroxylation is 2. The first-order chi connectivity index (χ1) is 6.64. The summed E-state index contributed by atoms with van der Waals surface area (Å²) in [6.07, 6.45) is 0. The lowest BCUT2D eigenvalue weighted by atomic mass is 10.4. The smallest absolute Gasteiger partial charge is 0.223 e. The summed E-state index contributed by atoms with van der Waals surface area (Å²) in [5.41, 5.74) is 0.991. The van der Waals surface area contributed by atoms with E-state index >= 15 is 0 Å². The van der Waals surface area contributed by atoms with Crippen molar-refractivity contribution in [1.82, 2.24) is 9.97 Å². The molecule has 0 bridgehead atoms. The fraction of sp³-hybridized carbons (Fsp3) is 0.429. The Hall–Kier alpha value is -0.100. The highest BCUT2D eigenvalue weighted by Gasteiger charge is 2.41. The second kappa shape index (κ2) is 4.05. The van der Waals surface area contributed by atoms with E-state index in [4.69, 9.17) is 34.8 Å². The van der Waals surface area contributed by atoms with Crippen LogP contribution in [0.15, 0.2) is 11.2 Å². The van der Waals surface area contributed by atoms with Gasteiger partial charge in [-0.3, -0.25) is 0 Å². The molecule has 0 aliphatic carbocycles. The monoisotopic (exact) mass is 288 g/mol. The van der Waals surface area contributed by atoms with Crippen LogP contribution in [-0.4, -0.2) is 21.5 Å². The van der Waals surface area contributed by atoms with Gasteiger partial charge in [-0.15, -0.1) is 0 Å². The maximum Gasteiger partial charge on any atom is 0.300 e. The zero-order chi connectivity index (χ0) is 11.9. The Morgan fingerprint density at radius 3 is 1.87 bits per heavy atom. The molecule has 0 amide bonds. The molecule has 4 nitrogen and oxygen atoms in total. The lowest BCUT2D eigenvalue weighted by Gasteiger charge is -2.11. The molecule has 1 heterocycles. The molecule has 0 fully saturated rings. The Morgan fingerprint density at radius 1 is 1.13 bits per heavy atom. The number of hydrogen-bond donors (Lipinski definition) is 0. The van der Waals surface area contributed by atoms with Crippen LogP contribution in [0.3, 0.4) is 0 Å². The van der Waals surface area contributed by atoms with E-state index in [1.165, 1.54) is 0 Å². The van der Waals surface area contributed by atoms with Gasteiger partial charge < -0.3 is 0 Å². The molecule has 0 saturated carbocycles. The molecule has 8 heteroatoms. The summed E-state index contributed by atoms with van der Waals surface area (Å²) >= 11 is 16.0. The molecule has 1 rings (SSSR count). The van der Waals surface area contributed by atoms with Gasteiger partial charge in [0.05, 0.1) is 0 Å². The third-order valence-corrected chi connectivity index (χ3v) is 4.61. The molecule has 0 aliphatic heterocycles. The van der Waals surface area contributed by atoms with E-state index in [1.54, 1.807) is 19.9 Å². The molecule has 0 N–H and O–H groups in total. The molecule has 15 heavy (non-hydrogen) atoms. The number of rotatable bonds is 1. The summed E-state index contributed by atoms with van der Waals surface area (Å²) in [6.45, 7) is 3.26. The van der Waals surface area contributed by atoms with Crippen molar-refractivity contribution < 1.29 is 8.42 Å². The molecular weight excluding hydrogens is 283 g/mol. The first-order valence-corrected chi connectivity index (χ1v) is 6.40. The highest BCUT2D eigenvalue weighted by atomic mass is 35.6. The molecule has 1 aromatic heterocycles. The van der Waals surface area contributed by atoms with Gasteiger partial charge in [-0.2, -0.15) is 0 Å². The predicted molar refractivity (Wildman–Crippen MR) is 59.0 cm³/mol. The topological polar surface area (TPSA) is 59.9 Å². The van der Waals surface area contributed by atoms with E-state index in [-0.39, 0.29) is 0 Å². The number of hydrogen-bond acceptors (Lipinski definition) is 4. The number of nitrogens with zero attached hydrogens (tertiary/aromatic N) is 2. The summed E-state index contributed by atoms with van der Waals surface area (Å²) in [6, 6.07) is 1.62. The summed E-state index contributed by atoms with van der Waals surface area (Å²) in [7, 11) is -4.15. The van der Waals surface area contributed by atoms with Crippen molar-refractivity contribution in [2.24, 2.45) is 0 Å².